The van der Waals surface area contributed by atoms with E-state index in [-0.39, 0.29) is 17.1 Å². The average molecular weight is 363 g/mol. The average Bonchev–Trinajstić information content (AvgIpc) is 2.53. The first-order valence-electron chi connectivity index (χ1n) is 6.90. The zero-order chi connectivity index (χ0) is 17.5. The van der Waals surface area contributed by atoms with Crippen molar-refractivity contribution in [1.82, 2.24) is 4.72 Å². The highest BCUT2D eigenvalue weighted by Gasteiger charge is 2.27. The molecule has 1 aromatic rings. The molecule has 0 saturated carbocycles. The van der Waals surface area contributed by atoms with Crippen molar-refractivity contribution in [2.24, 2.45) is 0 Å². The van der Waals surface area contributed by atoms with Crippen molar-refractivity contribution in [2.75, 3.05) is 25.7 Å². The van der Waals surface area contributed by atoms with Crippen LogP contribution in [0.1, 0.15) is 13.3 Å². The Morgan fingerprint density at radius 1 is 1.35 bits per heavy atom. The van der Waals surface area contributed by atoms with Gasteiger partial charge in [-0.25, -0.2) is 8.42 Å². The number of carboxylic acids is 1. The largest absolute Gasteiger partial charge is 0.497 e. The molecule has 0 spiro atoms. The highest BCUT2D eigenvalue weighted by Crippen LogP contribution is 2.28. The van der Waals surface area contributed by atoms with Crippen molar-refractivity contribution >= 4 is 27.8 Å². The zero-order valence-corrected chi connectivity index (χ0v) is 14.9. The lowest BCUT2D eigenvalue weighted by molar-refractivity contribution is -0.139. The number of aliphatic carboxylic acids is 1. The van der Waals surface area contributed by atoms with Gasteiger partial charge < -0.3 is 14.6 Å². The van der Waals surface area contributed by atoms with Crippen molar-refractivity contribution in [3.05, 3.63) is 18.2 Å². The Morgan fingerprint density at radius 3 is 2.57 bits per heavy atom. The van der Waals surface area contributed by atoms with Gasteiger partial charge >= 0.3 is 5.97 Å². The summed E-state index contributed by atoms with van der Waals surface area (Å²) in [7, 11) is -1.31. The van der Waals surface area contributed by atoms with Crippen LogP contribution in [0.4, 0.5) is 0 Å². The fourth-order valence-corrected chi connectivity index (χ4v) is 3.92. The Balaban J connectivity index is 3.06. The summed E-state index contributed by atoms with van der Waals surface area (Å²) >= 11 is 1.55. The fraction of sp³-hybridized carbons (Fsp3) is 0.500. The number of sulfonamides is 1. The molecule has 0 radical (unpaired) electrons. The molecule has 130 valence electrons. The van der Waals surface area contributed by atoms with Gasteiger partial charge in [-0.05, 0) is 30.1 Å². The Morgan fingerprint density at radius 2 is 2.04 bits per heavy atom. The third-order valence-corrected chi connectivity index (χ3v) is 5.44. The molecule has 0 aliphatic heterocycles. The standard InChI is InChI=1S/C14H21NO6S2/c1-4-22-8-7-11(14(16)17)15-23(18,19)13-9-10(20-2)5-6-12(13)21-3/h5-6,9,11,15H,4,7-8H2,1-3H3,(H,16,17). The summed E-state index contributed by atoms with van der Waals surface area (Å²) in [5.74, 6) is 0.616. The summed E-state index contributed by atoms with van der Waals surface area (Å²) in [5.41, 5.74) is 0. The fourth-order valence-electron chi connectivity index (χ4n) is 1.82. The van der Waals surface area contributed by atoms with Gasteiger partial charge in [0.1, 0.15) is 22.4 Å². The van der Waals surface area contributed by atoms with Crippen LogP contribution in [0.2, 0.25) is 0 Å². The minimum absolute atomic E-state index is 0.116. The predicted octanol–water partition coefficient (Wildman–Crippen LogP) is 1.58. The lowest BCUT2D eigenvalue weighted by Gasteiger charge is -2.16. The minimum Gasteiger partial charge on any atom is -0.497 e. The molecular weight excluding hydrogens is 342 g/mol. The van der Waals surface area contributed by atoms with Crippen LogP contribution in [0.5, 0.6) is 11.5 Å². The summed E-state index contributed by atoms with van der Waals surface area (Å²) < 4.78 is 37.3. The normalized spacial score (nSPS) is 12.7. The molecule has 0 bridgehead atoms. The van der Waals surface area contributed by atoms with Gasteiger partial charge in [-0.15, -0.1) is 0 Å². The van der Waals surface area contributed by atoms with Gasteiger partial charge in [0.2, 0.25) is 10.0 Å². The molecule has 0 fully saturated rings. The van der Waals surface area contributed by atoms with Gasteiger partial charge in [-0.2, -0.15) is 16.5 Å². The number of hydrogen-bond donors (Lipinski definition) is 2. The molecule has 1 unspecified atom stereocenters. The zero-order valence-electron chi connectivity index (χ0n) is 13.2. The lowest BCUT2D eigenvalue weighted by Crippen LogP contribution is -2.41. The van der Waals surface area contributed by atoms with Crippen molar-refractivity contribution in [3.8, 4) is 11.5 Å². The van der Waals surface area contributed by atoms with E-state index in [1.54, 1.807) is 17.8 Å². The Hall–Kier alpha value is -1.45. The summed E-state index contributed by atoms with van der Waals surface area (Å²) in [4.78, 5) is 11.1. The summed E-state index contributed by atoms with van der Waals surface area (Å²) in [6.45, 7) is 1.95. The number of methoxy groups -OCH3 is 2. The van der Waals surface area contributed by atoms with E-state index in [4.69, 9.17) is 9.47 Å². The Kier molecular flexibility index (Phi) is 7.66. The van der Waals surface area contributed by atoms with Crippen molar-refractivity contribution in [1.29, 1.82) is 0 Å². The predicted molar refractivity (Wildman–Crippen MR) is 88.9 cm³/mol. The van der Waals surface area contributed by atoms with E-state index < -0.39 is 22.0 Å². The molecule has 9 heteroatoms. The first-order chi connectivity index (χ1) is 10.9. The molecule has 0 aliphatic carbocycles. The molecule has 0 aliphatic rings. The number of ether oxygens (including phenoxy) is 2. The number of benzene rings is 1. The summed E-state index contributed by atoms with van der Waals surface area (Å²) in [6.07, 6.45) is 0.194. The molecule has 0 aromatic heterocycles. The van der Waals surface area contributed by atoms with Gasteiger partial charge in [-0.1, -0.05) is 6.92 Å². The molecule has 1 rings (SSSR count). The van der Waals surface area contributed by atoms with Gasteiger partial charge in [-0.3, -0.25) is 4.79 Å². The number of nitrogens with one attached hydrogen (secondary N) is 1. The lowest BCUT2D eigenvalue weighted by atomic mass is 10.2. The van der Waals surface area contributed by atoms with Crippen molar-refractivity contribution in [2.45, 2.75) is 24.3 Å². The molecular formula is C14H21NO6S2. The maximum Gasteiger partial charge on any atom is 0.321 e. The van der Waals surface area contributed by atoms with Crippen LogP contribution in [-0.4, -0.2) is 51.3 Å². The molecule has 23 heavy (non-hydrogen) atoms. The summed E-state index contributed by atoms with van der Waals surface area (Å²) in [6, 6.07) is 3.11. The topological polar surface area (TPSA) is 102 Å². The Bertz CT molecular complexity index is 632. The van der Waals surface area contributed by atoms with Crippen molar-refractivity contribution in [3.63, 3.8) is 0 Å². The third kappa shape index (κ3) is 5.60. The number of hydrogen-bond acceptors (Lipinski definition) is 6. The van der Waals surface area contributed by atoms with Crippen LogP contribution in [0.3, 0.4) is 0 Å². The molecule has 1 aromatic carbocycles. The van der Waals surface area contributed by atoms with E-state index in [1.165, 1.54) is 26.4 Å². The van der Waals surface area contributed by atoms with E-state index in [0.717, 1.165) is 5.75 Å². The SMILES string of the molecule is CCSCCC(NS(=O)(=O)c1cc(OC)ccc1OC)C(=O)O. The van der Waals surface area contributed by atoms with E-state index in [2.05, 4.69) is 4.72 Å². The van der Waals surface area contributed by atoms with Gasteiger partial charge in [0.25, 0.3) is 0 Å². The molecule has 1 atom stereocenters. The van der Waals surface area contributed by atoms with E-state index in [0.29, 0.717) is 11.5 Å². The molecule has 2 N–H and O–H groups in total. The molecule has 7 nitrogen and oxygen atoms in total. The van der Waals surface area contributed by atoms with Crippen molar-refractivity contribution < 1.29 is 27.8 Å². The first kappa shape index (κ1) is 19.6. The van der Waals surface area contributed by atoms with Crippen LogP contribution in [-0.2, 0) is 14.8 Å². The molecule has 0 saturated heterocycles. The summed E-state index contributed by atoms with van der Waals surface area (Å²) in [5, 5.41) is 9.22. The minimum atomic E-state index is -4.06. The van der Waals surface area contributed by atoms with Crippen LogP contribution >= 0.6 is 11.8 Å². The van der Waals surface area contributed by atoms with Crippen LogP contribution in [0, 0.1) is 0 Å². The second kappa shape index (κ2) is 8.99. The second-order valence-electron chi connectivity index (χ2n) is 4.51. The van der Waals surface area contributed by atoms with Gasteiger partial charge in [0.15, 0.2) is 0 Å². The highest BCUT2D eigenvalue weighted by molar-refractivity contribution is 7.99. The number of thioether (sulfide) groups is 1. The van der Waals surface area contributed by atoms with Gasteiger partial charge in [0, 0.05) is 6.07 Å². The van der Waals surface area contributed by atoms with Crippen LogP contribution in [0.15, 0.2) is 23.1 Å². The number of rotatable bonds is 10. The second-order valence-corrected chi connectivity index (χ2v) is 7.59. The number of carbonyl (C=O) groups is 1. The Labute approximate surface area is 140 Å². The van der Waals surface area contributed by atoms with Gasteiger partial charge in [0.05, 0.1) is 14.2 Å². The quantitative estimate of drug-likeness (QED) is 0.609. The number of carboxylic acid groups (broad SMARTS) is 1. The third-order valence-electron chi connectivity index (χ3n) is 3.01. The molecule has 0 heterocycles. The maximum atomic E-state index is 12.5. The maximum absolute atomic E-state index is 12.5. The van der Waals surface area contributed by atoms with E-state index >= 15 is 0 Å². The highest BCUT2D eigenvalue weighted by atomic mass is 32.2. The first-order valence-corrected chi connectivity index (χ1v) is 9.54. The monoisotopic (exact) mass is 363 g/mol. The van der Waals surface area contributed by atoms with Crippen LogP contribution in [0.25, 0.3) is 0 Å². The van der Waals surface area contributed by atoms with E-state index in [1.807, 2.05) is 6.92 Å². The van der Waals surface area contributed by atoms with Crippen LogP contribution < -0.4 is 14.2 Å². The van der Waals surface area contributed by atoms with E-state index in [9.17, 15) is 18.3 Å². The smallest absolute Gasteiger partial charge is 0.321 e. The molecule has 0 amide bonds.